The van der Waals surface area contributed by atoms with Crippen LogP contribution in [0.3, 0.4) is 0 Å². The number of nitrogens with one attached hydrogen (secondary N) is 1. The van der Waals surface area contributed by atoms with Crippen LogP contribution in [0.1, 0.15) is 13.8 Å². The van der Waals surface area contributed by atoms with Crippen molar-refractivity contribution in [1.29, 1.82) is 0 Å². The van der Waals surface area contributed by atoms with Crippen molar-refractivity contribution in [2.45, 2.75) is 19.4 Å². The van der Waals surface area contributed by atoms with Gasteiger partial charge in [-0.3, -0.25) is 9.59 Å². The van der Waals surface area contributed by atoms with E-state index in [1.807, 2.05) is 13.8 Å². The highest BCUT2D eigenvalue weighted by molar-refractivity contribution is 5.92. The van der Waals surface area contributed by atoms with E-state index in [1.165, 1.54) is 0 Å². The number of carbonyl (C=O) groups excluding carboxylic acids is 2. The van der Waals surface area contributed by atoms with Crippen molar-refractivity contribution < 1.29 is 9.59 Å². The quantitative estimate of drug-likeness (QED) is 0.706. The number of halogens is 1. The molecule has 2 fully saturated rings. The van der Waals surface area contributed by atoms with Crippen LogP contribution in [0, 0.1) is 5.92 Å². The summed E-state index contributed by atoms with van der Waals surface area (Å²) < 4.78 is 0. The van der Waals surface area contributed by atoms with Crippen LogP contribution in [0.4, 0.5) is 0 Å². The second-order valence-electron chi connectivity index (χ2n) is 5.13. The van der Waals surface area contributed by atoms with Crippen LogP contribution in [-0.4, -0.2) is 60.4 Å². The Kier molecular flexibility index (Phi) is 4.04. The van der Waals surface area contributed by atoms with Crippen LogP contribution in [0.25, 0.3) is 0 Å². The average molecular weight is 262 g/mol. The maximum absolute atomic E-state index is 12.2. The normalized spacial score (nSPS) is 24.1. The fourth-order valence-corrected chi connectivity index (χ4v) is 2.28. The van der Waals surface area contributed by atoms with E-state index in [0.29, 0.717) is 13.1 Å². The number of rotatable bonds is 1. The number of piperazine rings is 1. The van der Waals surface area contributed by atoms with Crippen LogP contribution >= 0.6 is 12.4 Å². The van der Waals surface area contributed by atoms with Gasteiger partial charge >= 0.3 is 0 Å². The molecule has 2 amide bonds. The summed E-state index contributed by atoms with van der Waals surface area (Å²) >= 11 is 0. The largest absolute Gasteiger partial charge is 0.342 e. The molecule has 17 heavy (non-hydrogen) atoms. The van der Waals surface area contributed by atoms with E-state index >= 15 is 0 Å². The van der Waals surface area contributed by atoms with Crippen LogP contribution in [0.15, 0.2) is 0 Å². The Bertz CT molecular complexity index is 329. The van der Waals surface area contributed by atoms with Crippen LogP contribution in [0.5, 0.6) is 0 Å². The number of amides is 2. The van der Waals surface area contributed by atoms with Crippen molar-refractivity contribution in [3.63, 3.8) is 0 Å². The summed E-state index contributed by atoms with van der Waals surface area (Å²) in [6.07, 6.45) is 0. The summed E-state index contributed by atoms with van der Waals surface area (Å²) in [5, 5.41) is 3.09. The summed E-state index contributed by atoms with van der Waals surface area (Å²) in [6.45, 7) is 6.42. The zero-order valence-electron chi connectivity index (χ0n) is 10.5. The zero-order chi connectivity index (χ0) is 11.9. The first-order valence-corrected chi connectivity index (χ1v) is 5.72. The molecule has 0 bridgehead atoms. The highest BCUT2D eigenvalue weighted by Gasteiger charge is 2.45. The van der Waals surface area contributed by atoms with Crippen molar-refractivity contribution in [2.75, 3.05) is 33.2 Å². The van der Waals surface area contributed by atoms with E-state index in [-0.39, 0.29) is 30.1 Å². The average Bonchev–Trinajstić information content (AvgIpc) is 2.11. The minimum Gasteiger partial charge on any atom is -0.342 e. The molecular formula is C11H20ClN3O2. The second-order valence-corrected chi connectivity index (χ2v) is 5.13. The Hall–Kier alpha value is -0.810. The Labute approximate surface area is 108 Å². The Morgan fingerprint density at radius 1 is 1.35 bits per heavy atom. The predicted molar refractivity (Wildman–Crippen MR) is 67.0 cm³/mol. The van der Waals surface area contributed by atoms with Gasteiger partial charge in [-0.1, -0.05) is 0 Å². The molecule has 2 saturated heterocycles. The minimum atomic E-state index is -0.695. The van der Waals surface area contributed by atoms with Crippen molar-refractivity contribution >= 4 is 24.2 Å². The first-order valence-electron chi connectivity index (χ1n) is 5.72. The van der Waals surface area contributed by atoms with E-state index in [2.05, 4.69) is 5.32 Å². The molecule has 0 atom stereocenters. The smallest absolute Gasteiger partial charge is 0.247 e. The number of carbonyl (C=O) groups is 2. The molecule has 0 spiro atoms. The van der Waals surface area contributed by atoms with Crippen molar-refractivity contribution in [3.05, 3.63) is 0 Å². The highest BCUT2D eigenvalue weighted by Crippen LogP contribution is 2.24. The zero-order valence-corrected chi connectivity index (χ0v) is 11.3. The van der Waals surface area contributed by atoms with Gasteiger partial charge in [0.2, 0.25) is 11.8 Å². The van der Waals surface area contributed by atoms with E-state index < -0.39 is 5.54 Å². The van der Waals surface area contributed by atoms with Crippen LogP contribution in [0.2, 0.25) is 0 Å². The topological polar surface area (TPSA) is 52.6 Å². The first kappa shape index (κ1) is 14.3. The highest BCUT2D eigenvalue weighted by atomic mass is 35.5. The molecule has 5 nitrogen and oxygen atoms in total. The number of nitrogens with zero attached hydrogens (tertiary/aromatic N) is 2. The maximum Gasteiger partial charge on any atom is 0.247 e. The van der Waals surface area contributed by atoms with Gasteiger partial charge < -0.3 is 15.1 Å². The van der Waals surface area contributed by atoms with Gasteiger partial charge in [0.05, 0.1) is 5.92 Å². The fourth-order valence-electron chi connectivity index (χ4n) is 2.28. The number of hydrogen-bond donors (Lipinski definition) is 1. The third-order valence-electron chi connectivity index (χ3n) is 3.60. The molecule has 0 unspecified atom stereocenters. The molecule has 2 rings (SSSR count). The van der Waals surface area contributed by atoms with Gasteiger partial charge in [0.1, 0.15) is 5.54 Å². The lowest BCUT2D eigenvalue weighted by atomic mass is 9.93. The Balaban J connectivity index is 0.00000144. The molecule has 6 heteroatoms. The molecule has 98 valence electrons. The predicted octanol–water partition coefficient (Wildman–Crippen LogP) is -0.293. The van der Waals surface area contributed by atoms with E-state index in [1.54, 1.807) is 16.8 Å². The van der Waals surface area contributed by atoms with Gasteiger partial charge in [-0.25, -0.2) is 0 Å². The van der Waals surface area contributed by atoms with E-state index in [9.17, 15) is 9.59 Å². The lowest BCUT2D eigenvalue weighted by Crippen LogP contribution is -2.66. The Morgan fingerprint density at radius 2 is 1.94 bits per heavy atom. The summed E-state index contributed by atoms with van der Waals surface area (Å²) in [5.41, 5.74) is -0.695. The molecular weight excluding hydrogens is 242 g/mol. The Morgan fingerprint density at radius 3 is 2.41 bits per heavy atom. The number of hydrogen-bond acceptors (Lipinski definition) is 3. The minimum absolute atomic E-state index is 0. The van der Waals surface area contributed by atoms with Gasteiger partial charge in [0.25, 0.3) is 0 Å². The summed E-state index contributed by atoms with van der Waals surface area (Å²) in [5.74, 6) is 0.208. The number of likely N-dealkylation sites (N-methyl/N-ethyl adjacent to an activating group) is 1. The summed E-state index contributed by atoms with van der Waals surface area (Å²) in [4.78, 5) is 27.6. The van der Waals surface area contributed by atoms with Gasteiger partial charge in [-0.15, -0.1) is 12.4 Å². The van der Waals surface area contributed by atoms with E-state index in [0.717, 1.165) is 13.1 Å². The molecule has 2 heterocycles. The molecule has 2 aliphatic rings. The monoisotopic (exact) mass is 261 g/mol. The van der Waals surface area contributed by atoms with Crippen LogP contribution < -0.4 is 5.32 Å². The third kappa shape index (κ3) is 2.26. The lowest BCUT2D eigenvalue weighted by molar-refractivity contribution is -0.160. The second kappa shape index (κ2) is 4.82. The maximum atomic E-state index is 12.2. The van der Waals surface area contributed by atoms with Crippen molar-refractivity contribution in [3.8, 4) is 0 Å². The molecule has 0 aromatic carbocycles. The summed E-state index contributed by atoms with van der Waals surface area (Å²) in [6, 6.07) is 0. The molecule has 0 radical (unpaired) electrons. The van der Waals surface area contributed by atoms with Gasteiger partial charge in [0, 0.05) is 33.2 Å². The fraction of sp³-hybridized carbons (Fsp3) is 0.818. The molecule has 0 aliphatic carbocycles. The molecule has 0 aromatic rings. The SMILES string of the molecule is CN1CCN(C(=O)C2CNC2)C(C)(C)C1=O.Cl. The van der Waals surface area contributed by atoms with Crippen molar-refractivity contribution in [2.24, 2.45) is 5.92 Å². The standard InChI is InChI=1S/C11H19N3O2.ClH/c1-11(2)10(16)13(3)4-5-14(11)9(15)8-6-12-7-8;/h8,12H,4-7H2,1-3H3;1H. The molecule has 0 aromatic heterocycles. The van der Waals surface area contributed by atoms with Gasteiger partial charge in [-0.2, -0.15) is 0 Å². The van der Waals surface area contributed by atoms with Gasteiger partial charge in [-0.05, 0) is 13.8 Å². The lowest BCUT2D eigenvalue weighted by Gasteiger charge is -2.46. The van der Waals surface area contributed by atoms with Crippen LogP contribution in [-0.2, 0) is 9.59 Å². The third-order valence-corrected chi connectivity index (χ3v) is 3.60. The first-order chi connectivity index (χ1) is 7.44. The van der Waals surface area contributed by atoms with Crippen molar-refractivity contribution in [1.82, 2.24) is 15.1 Å². The van der Waals surface area contributed by atoms with E-state index in [4.69, 9.17) is 0 Å². The molecule has 0 saturated carbocycles. The summed E-state index contributed by atoms with van der Waals surface area (Å²) in [7, 11) is 1.79. The molecule has 2 aliphatic heterocycles. The molecule has 1 N–H and O–H groups in total. The van der Waals surface area contributed by atoms with Gasteiger partial charge in [0.15, 0.2) is 0 Å².